The maximum Gasteiger partial charge on any atom is 0.191 e. The molecule has 1 aromatic rings. The van der Waals surface area contributed by atoms with Gasteiger partial charge >= 0.3 is 0 Å². The molecule has 0 saturated heterocycles. The number of pyridine rings is 1. The van der Waals surface area contributed by atoms with E-state index in [1.165, 1.54) is 0 Å². The average Bonchev–Trinajstić information content (AvgIpc) is 2.50. The lowest BCUT2D eigenvalue weighted by atomic mass is 9.94. The third-order valence-electron chi connectivity index (χ3n) is 3.37. The van der Waals surface area contributed by atoms with Crippen molar-refractivity contribution < 1.29 is 5.11 Å². The number of aliphatic hydroxyl groups is 1. The van der Waals surface area contributed by atoms with Crippen molar-refractivity contribution in [1.29, 1.82) is 0 Å². The summed E-state index contributed by atoms with van der Waals surface area (Å²) in [6.45, 7) is 8.92. The van der Waals surface area contributed by atoms with Crippen molar-refractivity contribution in [2.24, 2.45) is 16.8 Å². The topological polar surface area (TPSA) is 69.5 Å². The summed E-state index contributed by atoms with van der Waals surface area (Å²) in [5.74, 6) is 1.90. The lowest BCUT2D eigenvalue weighted by molar-refractivity contribution is 0.243. The van der Waals surface area contributed by atoms with Crippen LogP contribution in [0, 0.1) is 11.8 Å². The summed E-state index contributed by atoms with van der Waals surface area (Å²) in [7, 11) is 0. The zero-order valence-electron chi connectivity index (χ0n) is 14.0. The number of aromatic nitrogens is 1. The molecule has 1 atom stereocenters. The number of aliphatic hydroxyl groups excluding tert-OH is 1. The molecule has 5 nitrogen and oxygen atoms in total. The second kappa shape index (κ2) is 11.0. The van der Waals surface area contributed by atoms with E-state index in [2.05, 4.69) is 41.4 Å². The van der Waals surface area contributed by atoms with Gasteiger partial charge in [0.15, 0.2) is 5.96 Å². The molecule has 0 bridgehead atoms. The van der Waals surface area contributed by atoms with Gasteiger partial charge in [0.2, 0.25) is 0 Å². The number of aliphatic imine (C=N–C) groups is 1. The molecule has 0 aliphatic rings. The number of guanidine groups is 1. The Bertz CT molecular complexity index is 420. The van der Waals surface area contributed by atoms with Gasteiger partial charge in [0.25, 0.3) is 0 Å². The quantitative estimate of drug-likeness (QED) is 0.483. The number of nitrogens with one attached hydrogen (secondary N) is 2. The first-order valence-electron chi connectivity index (χ1n) is 8.18. The second-order valence-electron chi connectivity index (χ2n) is 5.90. The van der Waals surface area contributed by atoms with E-state index in [0.717, 1.165) is 37.6 Å². The SMILES string of the molecule is CCNC(=NCc1ccccn1)NCC(CCO)CC(C)C. The Balaban J connectivity index is 2.54. The molecule has 5 heteroatoms. The van der Waals surface area contributed by atoms with Crippen LogP contribution < -0.4 is 10.6 Å². The van der Waals surface area contributed by atoms with E-state index in [4.69, 9.17) is 0 Å². The zero-order valence-corrected chi connectivity index (χ0v) is 14.0. The van der Waals surface area contributed by atoms with Gasteiger partial charge in [-0.1, -0.05) is 19.9 Å². The number of nitrogens with zero attached hydrogens (tertiary/aromatic N) is 2. The highest BCUT2D eigenvalue weighted by Gasteiger charge is 2.11. The Kier molecular flexibility index (Phi) is 9.23. The molecule has 0 amide bonds. The number of rotatable bonds is 9. The second-order valence-corrected chi connectivity index (χ2v) is 5.90. The molecule has 0 saturated carbocycles. The van der Waals surface area contributed by atoms with E-state index in [0.29, 0.717) is 18.4 Å². The van der Waals surface area contributed by atoms with Crippen LogP contribution in [-0.4, -0.2) is 35.7 Å². The van der Waals surface area contributed by atoms with Gasteiger partial charge in [0.05, 0.1) is 12.2 Å². The van der Waals surface area contributed by atoms with Gasteiger partial charge < -0.3 is 15.7 Å². The van der Waals surface area contributed by atoms with Crippen molar-refractivity contribution in [3.8, 4) is 0 Å². The van der Waals surface area contributed by atoms with Crippen molar-refractivity contribution in [2.75, 3.05) is 19.7 Å². The van der Waals surface area contributed by atoms with Crippen molar-refractivity contribution in [1.82, 2.24) is 15.6 Å². The highest BCUT2D eigenvalue weighted by atomic mass is 16.3. The van der Waals surface area contributed by atoms with Crippen molar-refractivity contribution >= 4 is 5.96 Å². The molecular formula is C17H30N4O. The van der Waals surface area contributed by atoms with Crippen LogP contribution in [0.25, 0.3) is 0 Å². The summed E-state index contributed by atoms with van der Waals surface area (Å²) in [5, 5.41) is 15.8. The Morgan fingerprint density at radius 1 is 1.32 bits per heavy atom. The van der Waals surface area contributed by atoms with Crippen molar-refractivity contribution in [3.05, 3.63) is 30.1 Å². The van der Waals surface area contributed by atoms with Crippen LogP contribution in [0.2, 0.25) is 0 Å². The molecule has 1 heterocycles. The summed E-state index contributed by atoms with van der Waals surface area (Å²) in [6, 6.07) is 5.85. The monoisotopic (exact) mass is 306 g/mol. The Morgan fingerprint density at radius 3 is 2.73 bits per heavy atom. The third-order valence-corrected chi connectivity index (χ3v) is 3.37. The van der Waals surface area contributed by atoms with Crippen LogP contribution in [0.4, 0.5) is 0 Å². The smallest absolute Gasteiger partial charge is 0.191 e. The highest BCUT2D eigenvalue weighted by Crippen LogP contribution is 2.14. The fourth-order valence-corrected chi connectivity index (χ4v) is 2.39. The number of hydrogen-bond acceptors (Lipinski definition) is 3. The first-order chi connectivity index (χ1) is 10.7. The minimum Gasteiger partial charge on any atom is -0.396 e. The lowest BCUT2D eigenvalue weighted by Crippen LogP contribution is -2.40. The molecule has 0 fully saturated rings. The van der Waals surface area contributed by atoms with E-state index < -0.39 is 0 Å². The van der Waals surface area contributed by atoms with Gasteiger partial charge in [-0.05, 0) is 43.7 Å². The fourth-order valence-electron chi connectivity index (χ4n) is 2.39. The van der Waals surface area contributed by atoms with Crippen molar-refractivity contribution in [3.63, 3.8) is 0 Å². The van der Waals surface area contributed by atoms with Crippen molar-refractivity contribution in [2.45, 2.75) is 40.2 Å². The highest BCUT2D eigenvalue weighted by molar-refractivity contribution is 5.79. The van der Waals surface area contributed by atoms with Crippen LogP contribution in [0.15, 0.2) is 29.4 Å². The van der Waals surface area contributed by atoms with Crippen LogP contribution in [0.1, 0.15) is 39.3 Å². The lowest BCUT2D eigenvalue weighted by Gasteiger charge is -2.20. The van der Waals surface area contributed by atoms with Gasteiger partial charge in [0.1, 0.15) is 0 Å². The number of hydrogen-bond donors (Lipinski definition) is 3. The summed E-state index contributed by atoms with van der Waals surface area (Å²) in [6.07, 6.45) is 3.71. The summed E-state index contributed by atoms with van der Waals surface area (Å²) in [5.41, 5.74) is 0.953. The molecule has 0 radical (unpaired) electrons. The molecule has 1 aromatic heterocycles. The molecular weight excluding hydrogens is 276 g/mol. The predicted molar refractivity (Wildman–Crippen MR) is 91.7 cm³/mol. The van der Waals surface area contributed by atoms with Gasteiger partial charge in [0, 0.05) is 25.9 Å². The van der Waals surface area contributed by atoms with Crippen LogP contribution in [0.5, 0.6) is 0 Å². The van der Waals surface area contributed by atoms with Crippen LogP contribution >= 0.6 is 0 Å². The van der Waals surface area contributed by atoms with E-state index in [9.17, 15) is 5.11 Å². The normalized spacial score (nSPS) is 13.2. The molecule has 3 N–H and O–H groups in total. The molecule has 0 spiro atoms. The first kappa shape index (κ1) is 18.4. The van der Waals surface area contributed by atoms with E-state index in [1.54, 1.807) is 6.20 Å². The molecule has 1 rings (SSSR count). The molecule has 0 aliphatic heterocycles. The zero-order chi connectivity index (χ0) is 16.2. The fraction of sp³-hybridized carbons (Fsp3) is 0.647. The molecule has 124 valence electrons. The van der Waals surface area contributed by atoms with Gasteiger partial charge in [-0.25, -0.2) is 4.99 Å². The summed E-state index contributed by atoms with van der Waals surface area (Å²) >= 11 is 0. The van der Waals surface area contributed by atoms with Gasteiger partial charge in [-0.2, -0.15) is 0 Å². The van der Waals surface area contributed by atoms with E-state index in [1.807, 2.05) is 18.2 Å². The Morgan fingerprint density at radius 2 is 2.14 bits per heavy atom. The molecule has 1 unspecified atom stereocenters. The Labute approximate surface area is 134 Å². The maximum atomic E-state index is 9.19. The molecule has 22 heavy (non-hydrogen) atoms. The predicted octanol–water partition coefficient (Wildman–Crippen LogP) is 2.18. The van der Waals surface area contributed by atoms with Gasteiger partial charge in [-0.3, -0.25) is 4.98 Å². The molecule has 0 aromatic carbocycles. The van der Waals surface area contributed by atoms with E-state index in [-0.39, 0.29) is 6.61 Å². The average molecular weight is 306 g/mol. The summed E-state index contributed by atoms with van der Waals surface area (Å²) in [4.78, 5) is 8.84. The van der Waals surface area contributed by atoms with Crippen LogP contribution in [-0.2, 0) is 6.54 Å². The first-order valence-corrected chi connectivity index (χ1v) is 8.18. The Hall–Kier alpha value is -1.62. The maximum absolute atomic E-state index is 9.19. The minimum atomic E-state index is 0.237. The van der Waals surface area contributed by atoms with Crippen LogP contribution in [0.3, 0.4) is 0 Å². The largest absolute Gasteiger partial charge is 0.396 e. The standard InChI is InChI=1S/C17H30N4O/c1-4-18-17(21-13-16-7-5-6-9-19-16)20-12-15(8-10-22)11-14(2)3/h5-7,9,14-15,22H,4,8,10-13H2,1-3H3,(H2,18,20,21). The van der Waals surface area contributed by atoms with E-state index >= 15 is 0 Å². The third kappa shape index (κ3) is 7.98. The minimum absolute atomic E-state index is 0.237. The molecule has 0 aliphatic carbocycles. The van der Waals surface area contributed by atoms with Gasteiger partial charge in [-0.15, -0.1) is 0 Å². The summed E-state index contributed by atoms with van der Waals surface area (Å²) < 4.78 is 0.